The highest BCUT2D eigenvalue weighted by atomic mass is 32.2. The molecular formula is C13H18N4O3S. The molecule has 1 atom stereocenters. The van der Waals surface area contributed by atoms with Crippen molar-refractivity contribution in [2.75, 3.05) is 12.4 Å². The van der Waals surface area contributed by atoms with Gasteiger partial charge in [0.1, 0.15) is 5.75 Å². The smallest absolute Gasteiger partial charge is 0.214 e. The zero-order valence-corrected chi connectivity index (χ0v) is 12.7. The molecule has 2 aromatic rings. The van der Waals surface area contributed by atoms with Crippen LogP contribution in [0.5, 0.6) is 5.75 Å². The van der Waals surface area contributed by atoms with Crippen molar-refractivity contribution in [3.63, 3.8) is 0 Å². The second-order valence-corrected chi connectivity index (χ2v) is 5.72. The Balaban J connectivity index is 1.96. The molecule has 0 bridgehead atoms. The van der Waals surface area contributed by atoms with E-state index >= 15 is 0 Å². The Morgan fingerprint density at radius 2 is 2.00 bits per heavy atom. The zero-order chi connectivity index (χ0) is 15.2. The van der Waals surface area contributed by atoms with E-state index in [1.54, 1.807) is 28.9 Å². The summed E-state index contributed by atoms with van der Waals surface area (Å²) in [6.45, 7) is 4.13. The first-order valence-corrected chi connectivity index (χ1v) is 7.55. The number of phenolic OH excluding ortho intramolecular Hbond substituents is 1. The molecule has 1 heterocycles. The zero-order valence-electron chi connectivity index (χ0n) is 11.9. The standard InChI is InChI=1S/C13H18N4O3S/c1-9(2)20-7-12(19)8-21-13-14-15-16-17(13)10-3-5-11(18)6-4-10/h3-6,9,12,18-19H,7-8H2,1-2H3. The van der Waals surface area contributed by atoms with Gasteiger partial charge in [-0.15, -0.1) is 5.10 Å². The topological polar surface area (TPSA) is 93.3 Å². The van der Waals surface area contributed by atoms with Gasteiger partial charge >= 0.3 is 0 Å². The molecule has 0 saturated heterocycles. The van der Waals surface area contributed by atoms with Crippen molar-refractivity contribution in [3.8, 4) is 11.4 Å². The van der Waals surface area contributed by atoms with Crippen molar-refractivity contribution >= 4 is 11.8 Å². The van der Waals surface area contributed by atoms with Crippen LogP contribution in [0.3, 0.4) is 0 Å². The van der Waals surface area contributed by atoms with Gasteiger partial charge in [0.05, 0.1) is 24.5 Å². The Morgan fingerprint density at radius 3 is 2.67 bits per heavy atom. The van der Waals surface area contributed by atoms with Crippen LogP contribution in [0.1, 0.15) is 13.8 Å². The number of rotatable bonds is 7. The number of hydrogen-bond donors (Lipinski definition) is 2. The third-order valence-corrected chi connectivity index (χ3v) is 3.63. The number of aromatic hydroxyl groups is 1. The Hall–Kier alpha value is -1.64. The van der Waals surface area contributed by atoms with E-state index in [1.165, 1.54) is 11.8 Å². The summed E-state index contributed by atoms with van der Waals surface area (Å²) in [6.07, 6.45) is -0.491. The number of tetrazole rings is 1. The highest BCUT2D eigenvalue weighted by Crippen LogP contribution is 2.20. The van der Waals surface area contributed by atoms with Gasteiger partial charge in [0.15, 0.2) is 0 Å². The van der Waals surface area contributed by atoms with Crippen molar-refractivity contribution < 1.29 is 14.9 Å². The maximum Gasteiger partial charge on any atom is 0.214 e. The highest BCUT2D eigenvalue weighted by molar-refractivity contribution is 7.99. The van der Waals surface area contributed by atoms with Crippen LogP contribution in [0.4, 0.5) is 0 Å². The van der Waals surface area contributed by atoms with E-state index < -0.39 is 6.10 Å². The molecule has 0 spiro atoms. The molecule has 2 rings (SSSR count). The fourth-order valence-electron chi connectivity index (χ4n) is 1.55. The lowest BCUT2D eigenvalue weighted by molar-refractivity contribution is 0.0152. The molecule has 1 unspecified atom stereocenters. The first-order valence-electron chi connectivity index (χ1n) is 6.56. The molecule has 0 saturated carbocycles. The third kappa shape index (κ3) is 4.69. The van der Waals surface area contributed by atoms with E-state index in [0.29, 0.717) is 10.9 Å². The summed E-state index contributed by atoms with van der Waals surface area (Å²) in [4.78, 5) is 0. The van der Waals surface area contributed by atoms with Gasteiger partial charge in [-0.1, -0.05) is 11.8 Å². The third-order valence-electron chi connectivity index (χ3n) is 2.56. The normalized spacial score (nSPS) is 12.8. The minimum Gasteiger partial charge on any atom is -0.508 e. The van der Waals surface area contributed by atoms with Crippen LogP contribution in [0.25, 0.3) is 5.69 Å². The molecule has 0 aliphatic heterocycles. The van der Waals surface area contributed by atoms with Gasteiger partial charge in [0.2, 0.25) is 5.16 Å². The molecule has 21 heavy (non-hydrogen) atoms. The van der Waals surface area contributed by atoms with Crippen molar-refractivity contribution in [1.82, 2.24) is 20.2 Å². The number of thioether (sulfide) groups is 1. The van der Waals surface area contributed by atoms with Crippen LogP contribution in [-0.4, -0.2) is 55.0 Å². The van der Waals surface area contributed by atoms with Crippen LogP contribution in [0.2, 0.25) is 0 Å². The first kappa shape index (κ1) is 15.7. The largest absolute Gasteiger partial charge is 0.508 e. The minimum absolute atomic E-state index is 0.0898. The lowest BCUT2D eigenvalue weighted by atomic mass is 10.3. The molecule has 0 aliphatic carbocycles. The summed E-state index contributed by atoms with van der Waals surface area (Å²) in [5.41, 5.74) is 0.744. The SMILES string of the molecule is CC(C)OCC(O)CSc1nnnn1-c1ccc(O)cc1. The van der Waals surface area contributed by atoms with Gasteiger partial charge in [0.25, 0.3) is 0 Å². The number of aliphatic hydroxyl groups excluding tert-OH is 1. The van der Waals surface area contributed by atoms with Gasteiger partial charge in [0, 0.05) is 5.75 Å². The Bertz CT molecular complexity index is 559. The average Bonchev–Trinajstić information content (AvgIpc) is 2.92. The minimum atomic E-state index is -0.581. The number of phenols is 1. The van der Waals surface area contributed by atoms with E-state index in [-0.39, 0.29) is 18.5 Å². The van der Waals surface area contributed by atoms with Crippen molar-refractivity contribution in [2.24, 2.45) is 0 Å². The van der Waals surface area contributed by atoms with Crippen molar-refractivity contribution in [1.29, 1.82) is 0 Å². The quantitative estimate of drug-likeness (QED) is 0.743. The number of aliphatic hydroxyl groups is 1. The van der Waals surface area contributed by atoms with Crippen LogP contribution >= 0.6 is 11.8 Å². The number of aromatic nitrogens is 4. The van der Waals surface area contributed by atoms with Gasteiger partial charge < -0.3 is 14.9 Å². The summed E-state index contributed by atoms with van der Waals surface area (Å²) >= 11 is 1.35. The average molecular weight is 310 g/mol. The Morgan fingerprint density at radius 1 is 1.29 bits per heavy atom. The molecule has 114 valence electrons. The van der Waals surface area contributed by atoms with Gasteiger partial charge in [-0.3, -0.25) is 0 Å². The molecule has 0 aliphatic rings. The van der Waals surface area contributed by atoms with E-state index in [1.807, 2.05) is 13.8 Å². The summed E-state index contributed by atoms with van der Waals surface area (Å²) in [5.74, 6) is 0.618. The molecular weight excluding hydrogens is 292 g/mol. The van der Waals surface area contributed by atoms with Crippen LogP contribution in [0.15, 0.2) is 29.4 Å². The number of nitrogens with zero attached hydrogens (tertiary/aromatic N) is 4. The predicted octanol–water partition coefficient (Wildman–Crippen LogP) is 1.25. The second-order valence-electron chi connectivity index (χ2n) is 4.74. The van der Waals surface area contributed by atoms with Gasteiger partial charge in [-0.25, -0.2) is 0 Å². The number of benzene rings is 1. The lowest BCUT2D eigenvalue weighted by Crippen LogP contribution is -2.20. The van der Waals surface area contributed by atoms with E-state index in [9.17, 15) is 10.2 Å². The molecule has 1 aromatic carbocycles. The van der Waals surface area contributed by atoms with Crippen molar-refractivity contribution in [2.45, 2.75) is 31.2 Å². The Labute approximate surface area is 126 Å². The van der Waals surface area contributed by atoms with E-state index in [4.69, 9.17) is 4.74 Å². The molecule has 7 nitrogen and oxygen atoms in total. The van der Waals surface area contributed by atoms with Gasteiger partial charge in [-0.05, 0) is 48.5 Å². The predicted molar refractivity (Wildman–Crippen MR) is 78.6 cm³/mol. The summed E-state index contributed by atoms with van der Waals surface area (Å²) < 4.78 is 6.91. The molecule has 0 fully saturated rings. The summed E-state index contributed by atoms with van der Waals surface area (Å²) in [7, 11) is 0. The fourth-order valence-corrected chi connectivity index (χ4v) is 2.34. The number of hydrogen-bond acceptors (Lipinski definition) is 7. The molecule has 1 aromatic heterocycles. The van der Waals surface area contributed by atoms with E-state index in [0.717, 1.165) is 5.69 Å². The monoisotopic (exact) mass is 310 g/mol. The Kier molecular flexibility index (Phi) is 5.54. The summed E-state index contributed by atoms with van der Waals surface area (Å²) in [5, 5.41) is 31.2. The van der Waals surface area contributed by atoms with Crippen LogP contribution in [0, 0.1) is 0 Å². The van der Waals surface area contributed by atoms with Crippen LogP contribution in [-0.2, 0) is 4.74 Å². The maximum absolute atomic E-state index is 9.84. The highest BCUT2D eigenvalue weighted by Gasteiger charge is 2.12. The number of ether oxygens (including phenoxy) is 1. The van der Waals surface area contributed by atoms with Crippen molar-refractivity contribution in [3.05, 3.63) is 24.3 Å². The van der Waals surface area contributed by atoms with Gasteiger partial charge in [-0.2, -0.15) is 4.68 Å². The molecule has 2 N–H and O–H groups in total. The second kappa shape index (κ2) is 7.39. The maximum atomic E-state index is 9.84. The molecule has 8 heteroatoms. The summed E-state index contributed by atoms with van der Waals surface area (Å²) in [6, 6.07) is 6.57. The first-order chi connectivity index (χ1) is 10.1. The molecule has 0 radical (unpaired) electrons. The van der Waals surface area contributed by atoms with Crippen LogP contribution < -0.4 is 0 Å². The lowest BCUT2D eigenvalue weighted by Gasteiger charge is -2.12. The van der Waals surface area contributed by atoms with E-state index in [2.05, 4.69) is 15.5 Å². The molecule has 0 amide bonds. The fraction of sp³-hybridized carbons (Fsp3) is 0.462.